The summed E-state index contributed by atoms with van der Waals surface area (Å²) in [5.74, 6) is -0.105. The van der Waals surface area contributed by atoms with Crippen molar-refractivity contribution in [2.75, 3.05) is 5.32 Å². The van der Waals surface area contributed by atoms with Crippen molar-refractivity contribution in [1.29, 1.82) is 0 Å². The molecule has 0 atom stereocenters. The molecule has 0 aliphatic carbocycles. The highest BCUT2D eigenvalue weighted by molar-refractivity contribution is 5.99. The minimum atomic E-state index is -0.105. The van der Waals surface area contributed by atoms with Crippen LogP contribution < -0.4 is 5.32 Å². The summed E-state index contributed by atoms with van der Waals surface area (Å²) in [7, 11) is 0. The number of allylic oxidation sites excluding steroid dienone is 3. The first-order chi connectivity index (χ1) is 7.63. The van der Waals surface area contributed by atoms with Gasteiger partial charge in [-0.05, 0) is 38.0 Å². The highest BCUT2D eigenvalue weighted by Gasteiger charge is 2.00. The van der Waals surface area contributed by atoms with E-state index in [-0.39, 0.29) is 5.91 Å². The number of anilines is 1. The van der Waals surface area contributed by atoms with Crippen LogP contribution in [0.2, 0.25) is 0 Å². The normalized spacial score (nSPS) is 11.2. The molecule has 0 aliphatic rings. The molecule has 2 nitrogen and oxygen atoms in total. The lowest BCUT2D eigenvalue weighted by molar-refractivity contribution is -0.111. The fourth-order valence-corrected chi connectivity index (χ4v) is 1.30. The van der Waals surface area contributed by atoms with E-state index in [4.69, 9.17) is 0 Å². The van der Waals surface area contributed by atoms with E-state index < -0.39 is 0 Å². The maximum Gasteiger partial charge on any atom is 0.248 e. The molecule has 1 rings (SSSR count). The van der Waals surface area contributed by atoms with Crippen LogP contribution in [0.3, 0.4) is 0 Å². The lowest BCUT2D eigenvalue weighted by Gasteiger charge is -2.06. The number of carbonyl (C=O) groups excluding carboxylic acids is 1. The Balaban J connectivity index is 2.73. The van der Waals surface area contributed by atoms with Gasteiger partial charge in [0.05, 0.1) is 0 Å². The molecule has 0 heterocycles. The topological polar surface area (TPSA) is 29.1 Å². The van der Waals surface area contributed by atoms with Gasteiger partial charge in [0.25, 0.3) is 0 Å². The van der Waals surface area contributed by atoms with Crippen molar-refractivity contribution in [2.24, 2.45) is 0 Å². The first-order valence-corrected chi connectivity index (χ1v) is 5.31. The lowest BCUT2D eigenvalue weighted by atomic mass is 10.1. The van der Waals surface area contributed by atoms with Crippen LogP contribution in [0.25, 0.3) is 0 Å². The molecule has 0 aliphatic heterocycles. The van der Waals surface area contributed by atoms with Gasteiger partial charge in [0, 0.05) is 11.8 Å². The zero-order valence-electron chi connectivity index (χ0n) is 9.95. The van der Waals surface area contributed by atoms with E-state index in [2.05, 4.69) is 5.32 Å². The minimum absolute atomic E-state index is 0.105. The molecule has 0 aromatic heterocycles. The number of carbonyl (C=O) groups is 1. The van der Waals surface area contributed by atoms with E-state index in [1.54, 1.807) is 6.08 Å². The van der Waals surface area contributed by atoms with Crippen molar-refractivity contribution < 1.29 is 4.79 Å². The van der Waals surface area contributed by atoms with Gasteiger partial charge >= 0.3 is 0 Å². The third kappa shape index (κ3) is 3.73. The number of rotatable bonds is 3. The SMILES string of the molecule is C/C=C/C=C/C(=O)Nc1cc(C)ccc1C. The van der Waals surface area contributed by atoms with Gasteiger partial charge in [-0.15, -0.1) is 0 Å². The summed E-state index contributed by atoms with van der Waals surface area (Å²) >= 11 is 0. The van der Waals surface area contributed by atoms with Gasteiger partial charge in [0.2, 0.25) is 5.91 Å². The molecule has 0 saturated heterocycles. The Morgan fingerprint density at radius 2 is 2.00 bits per heavy atom. The average Bonchev–Trinajstić information content (AvgIpc) is 2.24. The average molecular weight is 215 g/mol. The third-order valence-corrected chi connectivity index (χ3v) is 2.20. The molecule has 1 amide bonds. The minimum Gasteiger partial charge on any atom is -0.322 e. The maximum atomic E-state index is 11.5. The standard InChI is InChI=1S/C14H17NO/c1-4-5-6-7-14(16)15-13-10-11(2)8-9-12(13)3/h4-10H,1-3H3,(H,15,16)/b5-4+,7-6+. The number of hydrogen-bond donors (Lipinski definition) is 1. The molecule has 0 radical (unpaired) electrons. The predicted molar refractivity (Wildman–Crippen MR) is 68.5 cm³/mol. The van der Waals surface area contributed by atoms with Crippen molar-refractivity contribution in [3.8, 4) is 0 Å². The summed E-state index contributed by atoms with van der Waals surface area (Å²) in [5.41, 5.74) is 3.08. The molecular formula is C14H17NO. The number of nitrogens with one attached hydrogen (secondary N) is 1. The third-order valence-electron chi connectivity index (χ3n) is 2.20. The number of aryl methyl sites for hydroxylation is 2. The quantitative estimate of drug-likeness (QED) is 0.608. The van der Waals surface area contributed by atoms with Gasteiger partial charge in [-0.25, -0.2) is 0 Å². The molecule has 1 aromatic carbocycles. The number of hydrogen-bond acceptors (Lipinski definition) is 1. The smallest absolute Gasteiger partial charge is 0.248 e. The predicted octanol–water partition coefficient (Wildman–Crippen LogP) is 3.37. The fourth-order valence-electron chi connectivity index (χ4n) is 1.30. The molecule has 2 heteroatoms. The van der Waals surface area contributed by atoms with Crippen molar-refractivity contribution in [2.45, 2.75) is 20.8 Å². The van der Waals surface area contributed by atoms with Crippen LogP contribution in [-0.2, 0) is 4.79 Å². The molecule has 0 unspecified atom stereocenters. The van der Waals surface area contributed by atoms with Gasteiger partial charge in [0.15, 0.2) is 0 Å². The van der Waals surface area contributed by atoms with E-state index in [1.165, 1.54) is 6.08 Å². The highest BCUT2D eigenvalue weighted by Crippen LogP contribution is 2.16. The Morgan fingerprint density at radius 1 is 1.25 bits per heavy atom. The first kappa shape index (κ1) is 12.2. The molecule has 1 N–H and O–H groups in total. The second-order valence-electron chi connectivity index (χ2n) is 3.69. The maximum absolute atomic E-state index is 11.5. The van der Waals surface area contributed by atoms with Gasteiger partial charge in [-0.2, -0.15) is 0 Å². The second-order valence-corrected chi connectivity index (χ2v) is 3.69. The Kier molecular flexibility index (Phi) is 4.52. The molecule has 0 saturated carbocycles. The summed E-state index contributed by atoms with van der Waals surface area (Å²) in [6, 6.07) is 6.00. The molecular weight excluding hydrogens is 198 g/mol. The largest absolute Gasteiger partial charge is 0.322 e. The van der Waals surface area contributed by atoms with E-state index in [0.29, 0.717) is 0 Å². The van der Waals surface area contributed by atoms with Crippen LogP contribution in [-0.4, -0.2) is 5.91 Å². The first-order valence-electron chi connectivity index (χ1n) is 5.31. The molecule has 16 heavy (non-hydrogen) atoms. The Hall–Kier alpha value is -1.83. The summed E-state index contributed by atoms with van der Waals surface area (Å²) in [5, 5.41) is 2.85. The Morgan fingerprint density at radius 3 is 2.69 bits per heavy atom. The van der Waals surface area contributed by atoms with Crippen LogP contribution in [0.4, 0.5) is 5.69 Å². The zero-order chi connectivity index (χ0) is 12.0. The van der Waals surface area contributed by atoms with Crippen molar-refractivity contribution in [1.82, 2.24) is 0 Å². The Bertz CT molecular complexity index is 430. The summed E-state index contributed by atoms with van der Waals surface area (Å²) < 4.78 is 0. The van der Waals surface area contributed by atoms with Crippen LogP contribution in [0.5, 0.6) is 0 Å². The summed E-state index contributed by atoms with van der Waals surface area (Å²) in [6.45, 7) is 5.89. The van der Waals surface area contributed by atoms with E-state index >= 15 is 0 Å². The number of benzene rings is 1. The molecule has 0 fully saturated rings. The molecule has 0 bridgehead atoms. The van der Waals surface area contributed by atoms with Crippen LogP contribution in [0.1, 0.15) is 18.1 Å². The van der Waals surface area contributed by atoms with Crippen LogP contribution >= 0.6 is 0 Å². The Labute approximate surface area is 96.7 Å². The fraction of sp³-hybridized carbons (Fsp3) is 0.214. The zero-order valence-corrected chi connectivity index (χ0v) is 9.95. The lowest BCUT2D eigenvalue weighted by Crippen LogP contribution is -2.08. The van der Waals surface area contributed by atoms with Gasteiger partial charge in [-0.3, -0.25) is 4.79 Å². The molecule has 1 aromatic rings. The highest BCUT2D eigenvalue weighted by atomic mass is 16.1. The van der Waals surface area contributed by atoms with Crippen molar-refractivity contribution in [3.05, 3.63) is 53.6 Å². The monoisotopic (exact) mass is 215 g/mol. The van der Waals surface area contributed by atoms with Crippen molar-refractivity contribution in [3.63, 3.8) is 0 Å². The van der Waals surface area contributed by atoms with Gasteiger partial charge in [-0.1, -0.05) is 30.4 Å². The van der Waals surface area contributed by atoms with Gasteiger partial charge in [0.1, 0.15) is 0 Å². The van der Waals surface area contributed by atoms with Gasteiger partial charge < -0.3 is 5.32 Å². The van der Waals surface area contributed by atoms with Crippen LogP contribution in [0, 0.1) is 13.8 Å². The molecule has 0 spiro atoms. The van der Waals surface area contributed by atoms with E-state index in [9.17, 15) is 4.79 Å². The van der Waals surface area contributed by atoms with Crippen molar-refractivity contribution >= 4 is 11.6 Å². The van der Waals surface area contributed by atoms with Crippen LogP contribution in [0.15, 0.2) is 42.5 Å². The second kappa shape index (κ2) is 5.91. The number of amides is 1. The summed E-state index contributed by atoms with van der Waals surface area (Å²) in [6.07, 6.45) is 6.94. The molecule has 84 valence electrons. The van der Waals surface area contributed by atoms with E-state index in [0.717, 1.165) is 16.8 Å². The summed E-state index contributed by atoms with van der Waals surface area (Å²) in [4.78, 5) is 11.5. The van der Waals surface area contributed by atoms with E-state index in [1.807, 2.05) is 51.1 Å².